The van der Waals surface area contributed by atoms with Crippen molar-refractivity contribution >= 4 is 22.8 Å². The molecule has 2 aromatic rings. The SMILES string of the molecule is CC(=O)c1c(F)cccc1N1CC(C)OC(c2ccsc2)C1. The number of ether oxygens (including phenoxy) is 1. The lowest BCUT2D eigenvalue weighted by molar-refractivity contribution is -0.0172. The normalized spacial score (nSPS) is 21.9. The molecule has 5 heteroatoms. The molecule has 0 aliphatic carbocycles. The molecule has 22 heavy (non-hydrogen) atoms. The fourth-order valence-electron chi connectivity index (χ4n) is 2.92. The van der Waals surface area contributed by atoms with E-state index >= 15 is 0 Å². The predicted octanol–water partition coefficient (Wildman–Crippen LogP) is 4.06. The molecule has 0 bridgehead atoms. The summed E-state index contributed by atoms with van der Waals surface area (Å²) in [5.74, 6) is -0.712. The highest BCUT2D eigenvalue weighted by atomic mass is 32.1. The van der Waals surface area contributed by atoms with Gasteiger partial charge in [0.2, 0.25) is 0 Å². The minimum Gasteiger partial charge on any atom is -0.367 e. The Morgan fingerprint density at radius 3 is 2.86 bits per heavy atom. The molecule has 1 aliphatic rings. The molecule has 1 fully saturated rings. The van der Waals surface area contributed by atoms with Crippen molar-refractivity contribution in [2.45, 2.75) is 26.1 Å². The van der Waals surface area contributed by atoms with Crippen molar-refractivity contribution in [1.29, 1.82) is 0 Å². The van der Waals surface area contributed by atoms with Gasteiger partial charge in [0.05, 0.1) is 17.4 Å². The van der Waals surface area contributed by atoms with E-state index in [1.807, 2.05) is 24.4 Å². The third-order valence-electron chi connectivity index (χ3n) is 3.86. The molecule has 2 unspecified atom stereocenters. The van der Waals surface area contributed by atoms with E-state index in [0.717, 1.165) is 5.56 Å². The molecule has 1 aliphatic heterocycles. The molecule has 1 aromatic carbocycles. The lowest BCUT2D eigenvalue weighted by Gasteiger charge is -2.38. The second kappa shape index (κ2) is 6.18. The van der Waals surface area contributed by atoms with Crippen LogP contribution < -0.4 is 4.90 Å². The van der Waals surface area contributed by atoms with E-state index in [0.29, 0.717) is 18.8 Å². The summed E-state index contributed by atoms with van der Waals surface area (Å²) in [7, 11) is 0. The molecule has 2 atom stereocenters. The second-order valence-corrected chi connectivity index (χ2v) is 6.37. The molecule has 3 nitrogen and oxygen atoms in total. The summed E-state index contributed by atoms with van der Waals surface area (Å²) in [5, 5.41) is 4.09. The number of hydrogen-bond donors (Lipinski definition) is 0. The van der Waals surface area contributed by atoms with Crippen LogP contribution in [0.2, 0.25) is 0 Å². The Kier molecular flexibility index (Phi) is 4.27. The van der Waals surface area contributed by atoms with E-state index in [4.69, 9.17) is 4.74 Å². The Balaban J connectivity index is 1.94. The molecule has 116 valence electrons. The fraction of sp³-hybridized carbons (Fsp3) is 0.353. The first-order chi connectivity index (χ1) is 10.6. The van der Waals surface area contributed by atoms with Gasteiger partial charge in [0.25, 0.3) is 0 Å². The average Bonchev–Trinajstić information content (AvgIpc) is 3.00. The molecule has 3 rings (SSSR count). The maximum Gasteiger partial charge on any atom is 0.164 e. The topological polar surface area (TPSA) is 29.5 Å². The lowest BCUT2D eigenvalue weighted by Crippen LogP contribution is -2.43. The standard InChI is InChI=1S/C17H18FNO2S/c1-11-8-19(9-16(21-11)13-6-7-22-10-13)15-5-3-4-14(18)17(15)12(2)20/h3-7,10-11,16H,8-9H2,1-2H3. The van der Waals surface area contributed by atoms with E-state index < -0.39 is 5.82 Å². The molecule has 1 saturated heterocycles. The zero-order valence-corrected chi connectivity index (χ0v) is 13.4. The van der Waals surface area contributed by atoms with Gasteiger partial charge in [-0.05, 0) is 48.4 Å². The van der Waals surface area contributed by atoms with Gasteiger partial charge in [-0.1, -0.05) is 6.07 Å². The van der Waals surface area contributed by atoms with Crippen LogP contribution in [0, 0.1) is 5.82 Å². The molecule has 0 radical (unpaired) electrons. The summed E-state index contributed by atoms with van der Waals surface area (Å²) in [6, 6.07) is 6.84. The van der Waals surface area contributed by atoms with E-state index in [1.54, 1.807) is 17.4 Å². The number of ketones is 1. The highest BCUT2D eigenvalue weighted by Gasteiger charge is 2.29. The van der Waals surface area contributed by atoms with Gasteiger partial charge in [0, 0.05) is 13.1 Å². The molecule has 0 N–H and O–H groups in total. The van der Waals surface area contributed by atoms with Crippen LogP contribution in [0.25, 0.3) is 0 Å². The molecule has 0 amide bonds. The Morgan fingerprint density at radius 1 is 1.36 bits per heavy atom. The number of carbonyl (C=O) groups excluding carboxylic acids is 1. The molecule has 0 saturated carbocycles. The number of benzene rings is 1. The van der Waals surface area contributed by atoms with Gasteiger partial charge < -0.3 is 9.64 Å². The van der Waals surface area contributed by atoms with Crippen molar-refractivity contribution < 1.29 is 13.9 Å². The van der Waals surface area contributed by atoms with E-state index in [2.05, 4.69) is 10.3 Å². The number of nitrogens with zero attached hydrogens (tertiary/aromatic N) is 1. The van der Waals surface area contributed by atoms with Crippen molar-refractivity contribution in [1.82, 2.24) is 0 Å². The smallest absolute Gasteiger partial charge is 0.164 e. The minimum atomic E-state index is -0.462. The summed E-state index contributed by atoms with van der Waals surface area (Å²) >= 11 is 1.63. The van der Waals surface area contributed by atoms with Crippen molar-refractivity contribution in [3.8, 4) is 0 Å². The maximum absolute atomic E-state index is 14.0. The van der Waals surface area contributed by atoms with Crippen molar-refractivity contribution in [3.05, 3.63) is 52.0 Å². The van der Waals surface area contributed by atoms with Crippen molar-refractivity contribution in [3.63, 3.8) is 0 Å². The zero-order chi connectivity index (χ0) is 15.7. The number of anilines is 1. The summed E-state index contributed by atoms with van der Waals surface area (Å²) in [6.07, 6.45) is -0.0419. The number of Topliss-reactive ketones (excluding diaryl/α,β-unsaturated/α-hetero) is 1. The first-order valence-electron chi connectivity index (χ1n) is 7.28. The second-order valence-electron chi connectivity index (χ2n) is 5.59. The Hall–Kier alpha value is -1.72. The summed E-state index contributed by atoms with van der Waals surface area (Å²) in [4.78, 5) is 13.9. The number of halogens is 1. The number of carbonyl (C=O) groups is 1. The van der Waals surface area contributed by atoms with Crippen LogP contribution in [-0.4, -0.2) is 25.0 Å². The van der Waals surface area contributed by atoms with Crippen LogP contribution in [0.3, 0.4) is 0 Å². The van der Waals surface area contributed by atoms with Crippen LogP contribution in [0.15, 0.2) is 35.0 Å². The monoisotopic (exact) mass is 319 g/mol. The Morgan fingerprint density at radius 2 is 2.18 bits per heavy atom. The number of hydrogen-bond acceptors (Lipinski definition) is 4. The van der Waals surface area contributed by atoms with Crippen LogP contribution in [0.5, 0.6) is 0 Å². The molecule has 0 spiro atoms. The van der Waals surface area contributed by atoms with Gasteiger partial charge in [-0.3, -0.25) is 4.79 Å². The first-order valence-corrected chi connectivity index (χ1v) is 8.22. The van der Waals surface area contributed by atoms with Gasteiger partial charge in [0.1, 0.15) is 11.9 Å². The van der Waals surface area contributed by atoms with Crippen LogP contribution >= 0.6 is 11.3 Å². The van der Waals surface area contributed by atoms with Gasteiger partial charge in [-0.25, -0.2) is 4.39 Å². The Labute approximate surface area is 133 Å². The van der Waals surface area contributed by atoms with Crippen molar-refractivity contribution in [2.75, 3.05) is 18.0 Å². The number of rotatable bonds is 3. The van der Waals surface area contributed by atoms with Crippen LogP contribution in [0.1, 0.15) is 35.9 Å². The number of morpholine rings is 1. The van der Waals surface area contributed by atoms with E-state index in [-0.39, 0.29) is 23.6 Å². The van der Waals surface area contributed by atoms with Gasteiger partial charge in [-0.2, -0.15) is 11.3 Å². The van der Waals surface area contributed by atoms with Gasteiger partial charge >= 0.3 is 0 Å². The number of thiophene rings is 1. The predicted molar refractivity (Wildman–Crippen MR) is 86.2 cm³/mol. The highest BCUT2D eigenvalue weighted by molar-refractivity contribution is 7.07. The van der Waals surface area contributed by atoms with Crippen LogP contribution in [0.4, 0.5) is 10.1 Å². The van der Waals surface area contributed by atoms with Gasteiger partial charge in [-0.15, -0.1) is 0 Å². The third-order valence-corrected chi connectivity index (χ3v) is 4.56. The zero-order valence-electron chi connectivity index (χ0n) is 12.6. The maximum atomic E-state index is 14.0. The quantitative estimate of drug-likeness (QED) is 0.799. The average molecular weight is 319 g/mol. The van der Waals surface area contributed by atoms with Gasteiger partial charge in [0.15, 0.2) is 5.78 Å². The fourth-order valence-corrected chi connectivity index (χ4v) is 3.62. The lowest BCUT2D eigenvalue weighted by atomic mass is 10.0. The molecular weight excluding hydrogens is 301 g/mol. The first kappa shape index (κ1) is 15.2. The minimum absolute atomic E-state index is 0.0155. The molecule has 1 aromatic heterocycles. The van der Waals surface area contributed by atoms with E-state index in [9.17, 15) is 9.18 Å². The summed E-state index contributed by atoms with van der Waals surface area (Å²) < 4.78 is 20.0. The largest absolute Gasteiger partial charge is 0.367 e. The Bertz CT molecular complexity index is 671. The molecule has 2 heterocycles. The van der Waals surface area contributed by atoms with E-state index in [1.165, 1.54) is 13.0 Å². The summed E-state index contributed by atoms with van der Waals surface area (Å²) in [6.45, 7) is 4.66. The van der Waals surface area contributed by atoms with Crippen molar-refractivity contribution in [2.24, 2.45) is 0 Å². The molecular formula is C17H18FNO2S. The summed E-state index contributed by atoms with van der Waals surface area (Å²) in [5.41, 5.74) is 1.95. The third kappa shape index (κ3) is 2.91. The van der Waals surface area contributed by atoms with Crippen LogP contribution in [-0.2, 0) is 4.74 Å². The highest BCUT2D eigenvalue weighted by Crippen LogP contribution is 2.32.